The van der Waals surface area contributed by atoms with Gasteiger partial charge in [-0.2, -0.15) is 0 Å². The van der Waals surface area contributed by atoms with E-state index in [9.17, 15) is 14.8 Å². The number of hydrogen-bond acceptors (Lipinski definition) is 5. The zero-order valence-corrected chi connectivity index (χ0v) is 14.3. The average Bonchev–Trinajstić information content (AvgIpc) is 2.83. The normalized spacial score (nSPS) is 32.2. The summed E-state index contributed by atoms with van der Waals surface area (Å²) in [6.45, 7) is 5.70. The molecule has 1 aromatic carbocycles. The van der Waals surface area contributed by atoms with Crippen LogP contribution in [0, 0.1) is 16.2 Å². The second-order valence-corrected chi connectivity index (χ2v) is 7.33. The number of ketones is 1. The molecule has 2 aliphatic rings. The zero-order valence-electron chi connectivity index (χ0n) is 14.3. The molecule has 0 radical (unpaired) electrons. The maximum atomic E-state index is 13.1. The lowest BCUT2D eigenvalue weighted by molar-refractivity contribution is -0.140. The number of rotatable bonds is 3. The average molecular weight is 330 g/mol. The molecule has 6 nitrogen and oxygen atoms in total. The van der Waals surface area contributed by atoms with Crippen molar-refractivity contribution in [3.63, 3.8) is 0 Å². The summed E-state index contributed by atoms with van der Waals surface area (Å²) in [5, 5.41) is 15.4. The molecular formula is C18H22N2O4. The molecule has 1 aromatic rings. The van der Waals surface area contributed by atoms with Gasteiger partial charge in [-0.15, -0.1) is 0 Å². The summed E-state index contributed by atoms with van der Waals surface area (Å²) in [6.07, 6.45) is 1.08. The minimum atomic E-state index is -1.22. The van der Waals surface area contributed by atoms with Gasteiger partial charge in [-0.25, -0.2) is 0 Å². The van der Waals surface area contributed by atoms with Crippen LogP contribution in [0.2, 0.25) is 0 Å². The van der Waals surface area contributed by atoms with Gasteiger partial charge in [0.25, 0.3) is 0 Å². The van der Waals surface area contributed by atoms with Gasteiger partial charge in [-0.05, 0) is 30.4 Å². The number of methoxy groups -OCH3 is 1. The SMILES string of the molecule is COc1cccc(NC(=O)C23CCC(C)(C(=NO)C2=O)C3(C)C)c1. The van der Waals surface area contributed by atoms with E-state index < -0.39 is 16.2 Å². The van der Waals surface area contributed by atoms with Gasteiger partial charge in [-0.3, -0.25) is 9.59 Å². The molecule has 0 spiro atoms. The van der Waals surface area contributed by atoms with Crippen molar-refractivity contribution in [1.82, 2.24) is 0 Å². The Morgan fingerprint density at radius 3 is 2.58 bits per heavy atom. The lowest BCUT2D eigenvalue weighted by Crippen LogP contribution is -2.47. The molecule has 0 aromatic heterocycles. The number of fused-ring (bicyclic) bond motifs is 2. The molecular weight excluding hydrogens is 308 g/mol. The fraction of sp³-hybridized carbons (Fsp3) is 0.500. The number of carbonyl (C=O) groups is 2. The van der Waals surface area contributed by atoms with Crippen molar-refractivity contribution in [3.8, 4) is 5.75 Å². The molecule has 2 aliphatic carbocycles. The molecule has 2 atom stereocenters. The molecule has 0 saturated heterocycles. The van der Waals surface area contributed by atoms with Gasteiger partial charge < -0.3 is 15.3 Å². The van der Waals surface area contributed by atoms with Crippen molar-refractivity contribution >= 4 is 23.1 Å². The first-order valence-corrected chi connectivity index (χ1v) is 7.97. The van der Waals surface area contributed by atoms with Gasteiger partial charge in [-0.1, -0.05) is 32.0 Å². The molecule has 2 bridgehead atoms. The Morgan fingerprint density at radius 1 is 1.29 bits per heavy atom. The first kappa shape index (κ1) is 16.5. The minimum absolute atomic E-state index is 0.111. The molecule has 128 valence electrons. The number of benzene rings is 1. The van der Waals surface area contributed by atoms with Crippen LogP contribution in [0.4, 0.5) is 5.69 Å². The van der Waals surface area contributed by atoms with Crippen molar-refractivity contribution in [2.24, 2.45) is 21.4 Å². The van der Waals surface area contributed by atoms with Crippen molar-refractivity contribution in [3.05, 3.63) is 24.3 Å². The van der Waals surface area contributed by atoms with Gasteiger partial charge >= 0.3 is 0 Å². The lowest BCUT2D eigenvalue weighted by Gasteiger charge is -2.37. The Kier molecular flexibility index (Phi) is 3.48. The topological polar surface area (TPSA) is 88.0 Å². The van der Waals surface area contributed by atoms with Crippen LogP contribution in [-0.4, -0.2) is 29.7 Å². The fourth-order valence-electron chi connectivity index (χ4n) is 4.39. The van der Waals surface area contributed by atoms with E-state index in [-0.39, 0.29) is 17.4 Å². The van der Waals surface area contributed by atoms with Crippen LogP contribution in [0.25, 0.3) is 0 Å². The highest BCUT2D eigenvalue weighted by atomic mass is 16.5. The van der Waals surface area contributed by atoms with E-state index in [2.05, 4.69) is 10.5 Å². The zero-order chi connectivity index (χ0) is 17.8. The summed E-state index contributed by atoms with van der Waals surface area (Å²) >= 11 is 0. The largest absolute Gasteiger partial charge is 0.497 e. The van der Waals surface area contributed by atoms with Crippen LogP contribution in [0.1, 0.15) is 33.6 Å². The molecule has 3 rings (SSSR count). The lowest BCUT2D eigenvalue weighted by atomic mass is 9.64. The van der Waals surface area contributed by atoms with Crippen molar-refractivity contribution < 1.29 is 19.5 Å². The van der Waals surface area contributed by atoms with E-state index >= 15 is 0 Å². The predicted octanol–water partition coefficient (Wildman–Crippen LogP) is 2.86. The van der Waals surface area contributed by atoms with E-state index in [0.29, 0.717) is 24.3 Å². The van der Waals surface area contributed by atoms with Gasteiger partial charge in [0, 0.05) is 17.2 Å². The molecule has 24 heavy (non-hydrogen) atoms. The first-order valence-electron chi connectivity index (χ1n) is 7.97. The van der Waals surface area contributed by atoms with Gasteiger partial charge in [0.1, 0.15) is 16.9 Å². The molecule has 6 heteroatoms. The highest BCUT2D eigenvalue weighted by Crippen LogP contribution is 2.69. The monoisotopic (exact) mass is 330 g/mol. The summed E-state index contributed by atoms with van der Waals surface area (Å²) in [6, 6.07) is 7.00. The summed E-state index contributed by atoms with van der Waals surface area (Å²) in [4.78, 5) is 26.0. The second-order valence-electron chi connectivity index (χ2n) is 7.33. The first-order chi connectivity index (χ1) is 11.2. The van der Waals surface area contributed by atoms with E-state index in [1.165, 1.54) is 0 Å². The van der Waals surface area contributed by atoms with Gasteiger partial charge in [0.15, 0.2) is 5.78 Å². The second kappa shape index (κ2) is 5.06. The van der Waals surface area contributed by atoms with Crippen molar-refractivity contribution in [2.45, 2.75) is 33.6 Å². The number of anilines is 1. The molecule has 0 aliphatic heterocycles. The van der Waals surface area contributed by atoms with Crippen molar-refractivity contribution in [2.75, 3.05) is 12.4 Å². The van der Waals surface area contributed by atoms with E-state index in [4.69, 9.17) is 4.74 Å². The molecule has 2 N–H and O–H groups in total. The van der Waals surface area contributed by atoms with Crippen molar-refractivity contribution in [1.29, 1.82) is 0 Å². The Morgan fingerprint density at radius 2 is 2.00 bits per heavy atom. The maximum absolute atomic E-state index is 13.1. The quantitative estimate of drug-likeness (QED) is 0.507. The van der Waals surface area contributed by atoms with Crippen LogP contribution in [0.3, 0.4) is 0 Å². The Hall–Kier alpha value is -2.37. The number of oxime groups is 1. The number of nitrogens with one attached hydrogen (secondary N) is 1. The van der Waals surface area contributed by atoms with Crippen LogP contribution >= 0.6 is 0 Å². The standard InChI is InChI=1S/C18H22N2O4/c1-16(2)17(3)8-9-18(16,14(21)13(17)20-23)15(22)19-11-6-5-7-12(10-11)24-4/h5-7,10,23H,8-9H2,1-4H3,(H,19,22). The third-order valence-corrected chi connectivity index (χ3v) is 6.39. The fourth-order valence-corrected chi connectivity index (χ4v) is 4.39. The highest BCUT2D eigenvalue weighted by Gasteiger charge is 2.76. The molecule has 2 fully saturated rings. The number of carbonyl (C=O) groups excluding carboxylic acids is 2. The third-order valence-electron chi connectivity index (χ3n) is 6.39. The Labute approximate surface area is 140 Å². The number of ether oxygens (including phenoxy) is 1. The minimum Gasteiger partial charge on any atom is -0.497 e. The van der Waals surface area contributed by atoms with Gasteiger partial charge in [0.05, 0.1) is 7.11 Å². The third kappa shape index (κ3) is 1.74. The summed E-state index contributed by atoms with van der Waals surface area (Å²) in [7, 11) is 1.55. The highest BCUT2D eigenvalue weighted by molar-refractivity contribution is 6.51. The number of Topliss-reactive ketones (excluding diaryl/α,β-unsaturated/α-hetero) is 1. The molecule has 2 unspecified atom stereocenters. The Balaban J connectivity index is 2.01. The number of nitrogens with zero attached hydrogens (tertiary/aromatic N) is 1. The van der Waals surface area contributed by atoms with Crippen LogP contribution in [0.15, 0.2) is 29.4 Å². The van der Waals surface area contributed by atoms with E-state index in [1.807, 2.05) is 20.8 Å². The van der Waals surface area contributed by atoms with Crippen LogP contribution < -0.4 is 10.1 Å². The van der Waals surface area contributed by atoms with Crippen LogP contribution in [0.5, 0.6) is 5.75 Å². The van der Waals surface area contributed by atoms with E-state index in [0.717, 1.165) is 0 Å². The maximum Gasteiger partial charge on any atom is 0.239 e. The molecule has 1 amide bonds. The number of amides is 1. The molecule has 2 saturated carbocycles. The van der Waals surface area contributed by atoms with Crippen LogP contribution in [-0.2, 0) is 9.59 Å². The summed E-state index contributed by atoms with van der Waals surface area (Å²) in [5.41, 5.74) is -1.78. The summed E-state index contributed by atoms with van der Waals surface area (Å²) in [5.74, 6) is -0.103. The number of hydrogen-bond donors (Lipinski definition) is 2. The van der Waals surface area contributed by atoms with E-state index in [1.54, 1.807) is 31.4 Å². The smallest absolute Gasteiger partial charge is 0.239 e. The predicted molar refractivity (Wildman–Crippen MR) is 89.4 cm³/mol. The Bertz CT molecular complexity index is 755. The molecule has 0 heterocycles. The summed E-state index contributed by atoms with van der Waals surface area (Å²) < 4.78 is 5.16. The van der Waals surface area contributed by atoms with Gasteiger partial charge in [0.2, 0.25) is 5.91 Å².